The zero-order valence-corrected chi connectivity index (χ0v) is 11.1. The molecule has 0 saturated carbocycles. The van der Waals surface area contributed by atoms with Crippen molar-refractivity contribution in [1.82, 2.24) is 4.90 Å². The van der Waals surface area contributed by atoms with E-state index in [0.29, 0.717) is 24.2 Å². The minimum atomic E-state index is -0.906. The molecule has 0 atom stereocenters. The molecular formula is C16H13F2NO2. The molecule has 1 fully saturated rings. The molecular weight excluding hydrogens is 276 g/mol. The molecule has 0 radical (unpaired) electrons. The highest BCUT2D eigenvalue weighted by Gasteiger charge is 2.31. The van der Waals surface area contributed by atoms with Crippen molar-refractivity contribution < 1.29 is 18.7 Å². The van der Waals surface area contributed by atoms with Gasteiger partial charge < -0.3 is 10.0 Å². The van der Waals surface area contributed by atoms with Gasteiger partial charge in [-0.15, -0.1) is 0 Å². The van der Waals surface area contributed by atoms with Crippen molar-refractivity contribution in [2.24, 2.45) is 0 Å². The molecule has 21 heavy (non-hydrogen) atoms. The van der Waals surface area contributed by atoms with E-state index in [1.165, 1.54) is 17.0 Å². The zero-order valence-electron chi connectivity index (χ0n) is 11.1. The zero-order chi connectivity index (χ0) is 15.0. The predicted octanol–water partition coefficient (Wildman–Crippen LogP) is 3.71. The van der Waals surface area contributed by atoms with Gasteiger partial charge in [-0.25, -0.2) is 13.6 Å². The van der Waals surface area contributed by atoms with Crippen LogP contribution in [0.5, 0.6) is 0 Å². The lowest BCUT2D eigenvalue weighted by molar-refractivity contribution is 0.105. The molecule has 3 rings (SSSR count). The van der Waals surface area contributed by atoms with Crippen LogP contribution in [0, 0.1) is 11.6 Å². The smallest absolute Gasteiger partial charge is 0.407 e. The van der Waals surface area contributed by atoms with Gasteiger partial charge in [0.1, 0.15) is 11.6 Å². The second-order valence-electron chi connectivity index (χ2n) is 5.13. The number of hydrogen-bond donors (Lipinski definition) is 1. The van der Waals surface area contributed by atoms with Crippen molar-refractivity contribution in [1.29, 1.82) is 0 Å². The van der Waals surface area contributed by atoms with Crippen LogP contribution in [-0.2, 0) is 0 Å². The van der Waals surface area contributed by atoms with Crippen LogP contribution in [-0.4, -0.2) is 29.2 Å². The third-order valence-electron chi connectivity index (χ3n) is 3.78. The Balaban J connectivity index is 1.77. The molecule has 0 aliphatic carbocycles. The van der Waals surface area contributed by atoms with Crippen LogP contribution >= 0.6 is 0 Å². The summed E-state index contributed by atoms with van der Waals surface area (Å²) in [5.41, 5.74) is 2.05. The van der Waals surface area contributed by atoms with Crippen LogP contribution in [0.15, 0.2) is 42.5 Å². The summed E-state index contributed by atoms with van der Waals surface area (Å²) in [5, 5.41) is 8.80. The van der Waals surface area contributed by atoms with E-state index in [9.17, 15) is 13.6 Å². The molecule has 0 unspecified atom stereocenters. The number of likely N-dealkylation sites (tertiary alicyclic amines) is 1. The SMILES string of the molecule is O=C(O)N1CC(c2ccc(-c3ccc(F)cc3F)cc2)C1. The molecule has 1 aliphatic heterocycles. The summed E-state index contributed by atoms with van der Waals surface area (Å²) < 4.78 is 26.6. The van der Waals surface area contributed by atoms with Crippen molar-refractivity contribution in [3.63, 3.8) is 0 Å². The van der Waals surface area contributed by atoms with E-state index in [2.05, 4.69) is 0 Å². The molecule has 2 aromatic rings. The maximum Gasteiger partial charge on any atom is 0.407 e. The summed E-state index contributed by atoms with van der Waals surface area (Å²) >= 11 is 0. The molecule has 3 nitrogen and oxygen atoms in total. The monoisotopic (exact) mass is 289 g/mol. The number of benzene rings is 2. The largest absolute Gasteiger partial charge is 0.465 e. The Morgan fingerprint density at radius 2 is 1.76 bits per heavy atom. The lowest BCUT2D eigenvalue weighted by atomic mass is 9.90. The Bertz CT molecular complexity index is 679. The highest BCUT2D eigenvalue weighted by Crippen LogP contribution is 2.30. The summed E-state index contributed by atoms with van der Waals surface area (Å²) in [5.74, 6) is -1.01. The third kappa shape index (κ3) is 2.59. The predicted molar refractivity (Wildman–Crippen MR) is 74.1 cm³/mol. The number of halogens is 2. The average Bonchev–Trinajstić information content (AvgIpc) is 2.38. The van der Waals surface area contributed by atoms with Gasteiger partial charge in [0.2, 0.25) is 0 Å². The van der Waals surface area contributed by atoms with Gasteiger partial charge in [-0.1, -0.05) is 24.3 Å². The first-order chi connectivity index (χ1) is 10.0. The van der Waals surface area contributed by atoms with Crippen LogP contribution in [0.1, 0.15) is 11.5 Å². The second kappa shape index (κ2) is 5.16. The van der Waals surface area contributed by atoms with Crippen LogP contribution in [0.4, 0.5) is 13.6 Å². The first-order valence-electron chi connectivity index (χ1n) is 6.58. The molecule has 5 heteroatoms. The number of amides is 1. The molecule has 1 N–H and O–H groups in total. The Morgan fingerprint density at radius 3 is 2.33 bits per heavy atom. The minimum absolute atomic E-state index is 0.188. The molecule has 2 aromatic carbocycles. The van der Waals surface area contributed by atoms with Gasteiger partial charge in [-0.3, -0.25) is 0 Å². The third-order valence-corrected chi connectivity index (χ3v) is 3.78. The van der Waals surface area contributed by atoms with Crippen LogP contribution in [0.25, 0.3) is 11.1 Å². The van der Waals surface area contributed by atoms with Gasteiger partial charge in [0.05, 0.1) is 0 Å². The van der Waals surface area contributed by atoms with Crippen LogP contribution in [0.2, 0.25) is 0 Å². The standard InChI is InChI=1S/C16H13F2NO2/c17-13-5-6-14(15(18)7-13)11-3-1-10(2-4-11)12-8-19(9-12)16(20)21/h1-7,12H,8-9H2,(H,20,21). The fourth-order valence-corrected chi connectivity index (χ4v) is 2.50. The maximum absolute atomic E-state index is 13.7. The minimum Gasteiger partial charge on any atom is -0.465 e. The second-order valence-corrected chi connectivity index (χ2v) is 5.13. The number of rotatable bonds is 2. The summed E-state index contributed by atoms with van der Waals surface area (Å²) in [4.78, 5) is 12.1. The van der Waals surface area contributed by atoms with E-state index in [4.69, 9.17) is 5.11 Å². The normalized spacial score (nSPS) is 14.9. The average molecular weight is 289 g/mol. The van der Waals surface area contributed by atoms with Gasteiger partial charge in [0, 0.05) is 30.6 Å². The van der Waals surface area contributed by atoms with E-state index in [0.717, 1.165) is 11.6 Å². The quantitative estimate of drug-likeness (QED) is 0.915. The maximum atomic E-state index is 13.7. The molecule has 1 amide bonds. The number of carbonyl (C=O) groups is 1. The Kier molecular flexibility index (Phi) is 3.33. The first-order valence-corrected chi connectivity index (χ1v) is 6.58. The molecule has 1 saturated heterocycles. The summed E-state index contributed by atoms with van der Waals surface area (Å²) in [6, 6.07) is 10.8. The van der Waals surface area contributed by atoms with Crippen molar-refractivity contribution in [3.8, 4) is 11.1 Å². The highest BCUT2D eigenvalue weighted by molar-refractivity contribution is 5.67. The highest BCUT2D eigenvalue weighted by atomic mass is 19.1. The van der Waals surface area contributed by atoms with Crippen molar-refractivity contribution >= 4 is 6.09 Å². The van der Waals surface area contributed by atoms with Gasteiger partial charge >= 0.3 is 6.09 Å². The van der Waals surface area contributed by atoms with E-state index >= 15 is 0 Å². The summed E-state index contributed by atoms with van der Waals surface area (Å²) in [7, 11) is 0. The van der Waals surface area contributed by atoms with Gasteiger partial charge in [-0.2, -0.15) is 0 Å². The number of carboxylic acid groups (broad SMARTS) is 1. The van der Waals surface area contributed by atoms with Crippen molar-refractivity contribution in [3.05, 3.63) is 59.7 Å². The molecule has 1 heterocycles. The molecule has 1 aliphatic rings. The van der Waals surface area contributed by atoms with Crippen LogP contribution < -0.4 is 0 Å². The number of hydrogen-bond acceptors (Lipinski definition) is 1. The molecule has 108 valence electrons. The van der Waals surface area contributed by atoms with Crippen LogP contribution in [0.3, 0.4) is 0 Å². The van der Waals surface area contributed by atoms with Gasteiger partial charge in [0.15, 0.2) is 0 Å². The summed E-state index contributed by atoms with van der Waals surface area (Å²) in [6.07, 6.45) is -0.906. The van der Waals surface area contributed by atoms with E-state index in [-0.39, 0.29) is 5.92 Å². The van der Waals surface area contributed by atoms with Crippen molar-refractivity contribution in [2.45, 2.75) is 5.92 Å². The topological polar surface area (TPSA) is 40.5 Å². The summed E-state index contributed by atoms with van der Waals surface area (Å²) in [6.45, 7) is 0.971. The molecule has 0 bridgehead atoms. The first kappa shape index (κ1) is 13.5. The van der Waals surface area contributed by atoms with E-state index < -0.39 is 17.7 Å². The lowest BCUT2D eigenvalue weighted by Crippen LogP contribution is -2.47. The fraction of sp³-hybridized carbons (Fsp3) is 0.188. The molecule has 0 spiro atoms. The Hall–Kier alpha value is -2.43. The number of nitrogens with zero attached hydrogens (tertiary/aromatic N) is 1. The van der Waals surface area contributed by atoms with Gasteiger partial charge in [0.25, 0.3) is 0 Å². The lowest BCUT2D eigenvalue weighted by Gasteiger charge is -2.37. The Morgan fingerprint density at radius 1 is 1.10 bits per heavy atom. The van der Waals surface area contributed by atoms with E-state index in [1.807, 2.05) is 12.1 Å². The van der Waals surface area contributed by atoms with Crippen molar-refractivity contribution in [2.75, 3.05) is 13.1 Å². The van der Waals surface area contributed by atoms with Gasteiger partial charge in [-0.05, 0) is 23.3 Å². The van der Waals surface area contributed by atoms with E-state index in [1.54, 1.807) is 12.1 Å². The fourth-order valence-electron chi connectivity index (χ4n) is 2.50. The molecule has 0 aromatic heterocycles. The Labute approximate surface area is 120 Å².